The van der Waals surface area contributed by atoms with Gasteiger partial charge in [-0.05, 0) is 83.5 Å². The molecule has 1 rings (SSSR count). The fourth-order valence-electron chi connectivity index (χ4n) is 10.9. The standard InChI is InChI=1S/C73H130O12/c1-4-7-10-13-16-19-22-25-28-31-33-36-38-41-44-47-50-53-56-59-65(74)81-62-64(83-66(75)60-57-54-51-48-45-42-39-35-30-27-24-21-18-15-12-9-6-3)63-82-73-71(69(78)68(77)70(85-73)72(79)80)84-67(76)61-58-55-52-49-46-43-40-37-34-32-29-26-23-20-17-14-11-8-5-2/h16,19,25,27-28,30,33,36,64,68-71,73,77-78H,4-15,17-18,20-24,26,29,31-32,34-35,37-63H2,1-3H3,(H,79,80)/b19-16-,28-25-,30-27-,36-33-. The van der Waals surface area contributed by atoms with Crippen LogP contribution in [0.5, 0.6) is 0 Å². The van der Waals surface area contributed by atoms with E-state index in [9.17, 15) is 34.5 Å². The summed E-state index contributed by atoms with van der Waals surface area (Å²) < 4.78 is 28.6. The molecule has 0 saturated carbocycles. The van der Waals surface area contributed by atoms with Crippen LogP contribution in [-0.4, -0.2) is 89.2 Å². The van der Waals surface area contributed by atoms with E-state index >= 15 is 0 Å². The Hall–Kier alpha value is -3.32. The maximum absolute atomic E-state index is 13.2. The Labute approximate surface area is 520 Å². The SMILES string of the molecule is CCCCC/C=C\C/C=C\C/C=C\CCCCCCCCC(=O)OCC(COC1OC(C(=O)O)C(O)C(O)C1OC(=O)CCCCCCCCCCCCCCCCCCCCC)OC(=O)CCCCCCCCC/C=C\CCCCCCCC. The highest BCUT2D eigenvalue weighted by Crippen LogP contribution is 2.27. The number of allylic oxidation sites excluding steroid dienone is 8. The van der Waals surface area contributed by atoms with Crippen LogP contribution in [0.1, 0.15) is 342 Å². The highest BCUT2D eigenvalue weighted by molar-refractivity contribution is 5.74. The van der Waals surface area contributed by atoms with Crippen molar-refractivity contribution < 1.29 is 58.2 Å². The number of carbonyl (C=O) groups excluding carboxylic acids is 3. The molecule has 1 heterocycles. The summed E-state index contributed by atoms with van der Waals surface area (Å²) in [5.41, 5.74) is 0. The number of rotatable bonds is 62. The van der Waals surface area contributed by atoms with Gasteiger partial charge in [0.15, 0.2) is 24.6 Å². The predicted molar refractivity (Wildman–Crippen MR) is 349 cm³/mol. The lowest BCUT2D eigenvalue weighted by Gasteiger charge is -2.40. The maximum Gasteiger partial charge on any atom is 0.335 e. The van der Waals surface area contributed by atoms with Gasteiger partial charge < -0.3 is 39.0 Å². The number of carboxylic acid groups (broad SMARTS) is 1. The number of esters is 3. The molecule has 1 aliphatic rings. The molecule has 0 aromatic heterocycles. The summed E-state index contributed by atoms with van der Waals surface area (Å²) in [5.74, 6) is -3.11. The van der Waals surface area contributed by atoms with Crippen molar-refractivity contribution in [2.75, 3.05) is 13.2 Å². The number of aliphatic hydroxyl groups excluding tert-OH is 2. The molecule has 6 unspecified atom stereocenters. The average molecular weight is 1200 g/mol. The van der Waals surface area contributed by atoms with E-state index < -0.39 is 67.3 Å². The van der Waals surface area contributed by atoms with Crippen LogP contribution in [0.3, 0.4) is 0 Å². The average Bonchev–Trinajstić information content (AvgIpc) is 3.51. The van der Waals surface area contributed by atoms with Crippen LogP contribution in [0.15, 0.2) is 48.6 Å². The summed E-state index contributed by atoms with van der Waals surface area (Å²) in [7, 11) is 0. The number of carboxylic acids is 1. The van der Waals surface area contributed by atoms with Crippen LogP contribution >= 0.6 is 0 Å². The van der Waals surface area contributed by atoms with Crippen LogP contribution in [0, 0.1) is 0 Å². The first kappa shape index (κ1) is 79.7. The van der Waals surface area contributed by atoms with Crippen LogP contribution in [0.2, 0.25) is 0 Å². The first-order chi connectivity index (χ1) is 41.6. The monoisotopic (exact) mass is 1200 g/mol. The second-order valence-corrected chi connectivity index (χ2v) is 24.5. The van der Waals surface area contributed by atoms with Crippen molar-refractivity contribution in [2.45, 2.75) is 379 Å². The molecule has 1 saturated heterocycles. The van der Waals surface area contributed by atoms with E-state index in [2.05, 4.69) is 69.4 Å². The Kier molecular flexibility index (Phi) is 57.1. The predicted octanol–water partition coefficient (Wildman–Crippen LogP) is 19.7. The van der Waals surface area contributed by atoms with Crippen molar-refractivity contribution in [2.24, 2.45) is 0 Å². The third kappa shape index (κ3) is 50.3. The number of unbranched alkanes of at least 4 members (excludes halogenated alkanes) is 40. The number of carbonyl (C=O) groups is 4. The van der Waals surface area contributed by atoms with Gasteiger partial charge in [0.1, 0.15) is 18.8 Å². The second-order valence-electron chi connectivity index (χ2n) is 24.5. The van der Waals surface area contributed by atoms with Gasteiger partial charge in [-0.3, -0.25) is 14.4 Å². The highest BCUT2D eigenvalue weighted by atomic mass is 16.7. The third-order valence-corrected chi connectivity index (χ3v) is 16.4. The van der Waals surface area contributed by atoms with Gasteiger partial charge in [-0.25, -0.2) is 4.79 Å². The summed E-state index contributed by atoms with van der Waals surface area (Å²) in [6.07, 6.45) is 63.4. The molecule has 3 N–H and O–H groups in total. The molecule has 0 bridgehead atoms. The topological polar surface area (TPSA) is 175 Å². The molecule has 85 heavy (non-hydrogen) atoms. The Morgan fingerprint density at radius 1 is 0.388 bits per heavy atom. The third-order valence-electron chi connectivity index (χ3n) is 16.4. The van der Waals surface area contributed by atoms with E-state index in [-0.39, 0.29) is 25.9 Å². The number of aliphatic hydroxyl groups is 2. The van der Waals surface area contributed by atoms with Gasteiger partial charge in [-0.1, -0.05) is 288 Å². The van der Waals surface area contributed by atoms with Gasteiger partial charge in [0.2, 0.25) is 0 Å². The van der Waals surface area contributed by atoms with E-state index in [0.29, 0.717) is 19.3 Å². The lowest BCUT2D eigenvalue weighted by molar-refractivity contribution is -0.301. The molecule has 0 spiro atoms. The van der Waals surface area contributed by atoms with Gasteiger partial charge in [0.05, 0.1) is 6.61 Å². The van der Waals surface area contributed by atoms with Crippen LogP contribution < -0.4 is 0 Å². The molecular formula is C73H130O12. The molecule has 12 heteroatoms. The molecule has 1 aliphatic heterocycles. The Morgan fingerprint density at radius 2 is 0.706 bits per heavy atom. The van der Waals surface area contributed by atoms with Gasteiger partial charge in [-0.15, -0.1) is 0 Å². The van der Waals surface area contributed by atoms with Crippen molar-refractivity contribution in [3.05, 3.63) is 48.6 Å². The first-order valence-corrected chi connectivity index (χ1v) is 35.6. The fourth-order valence-corrected chi connectivity index (χ4v) is 10.9. The zero-order valence-corrected chi connectivity index (χ0v) is 54.9. The van der Waals surface area contributed by atoms with E-state index in [1.165, 1.54) is 180 Å². The summed E-state index contributed by atoms with van der Waals surface area (Å²) in [6.45, 7) is 6.02. The van der Waals surface area contributed by atoms with Crippen LogP contribution in [0.25, 0.3) is 0 Å². The quantitative estimate of drug-likeness (QED) is 0.0228. The van der Waals surface area contributed by atoms with Gasteiger partial charge in [0, 0.05) is 19.3 Å². The van der Waals surface area contributed by atoms with E-state index in [1.807, 2.05) is 0 Å². The molecule has 0 aliphatic carbocycles. The van der Waals surface area contributed by atoms with Crippen molar-refractivity contribution in [3.8, 4) is 0 Å². The molecule has 494 valence electrons. The summed E-state index contributed by atoms with van der Waals surface area (Å²) in [6, 6.07) is 0. The zero-order chi connectivity index (χ0) is 61.7. The summed E-state index contributed by atoms with van der Waals surface area (Å²) in [4.78, 5) is 51.5. The number of hydrogen-bond acceptors (Lipinski definition) is 11. The smallest absolute Gasteiger partial charge is 0.335 e. The van der Waals surface area contributed by atoms with E-state index in [1.54, 1.807) is 0 Å². The fraction of sp³-hybridized carbons (Fsp3) is 0.836. The first-order valence-electron chi connectivity index (χ1n) is 35.6. The highest BCUT2D eigenvalue weighted by Gasteiger charge is 2.50. The van der Waals surface area contributed by atoms with Crippen molar-refractivity contribution in [1.29, 1.82) is 0 Å². The van der Waals surface area contributed by atoms with Gasteiger partial charge in [-0.2, -0.15) is 0 Å². The minimum Gasteiger partial charge on any atom is -0.479 e. The molecule has 0 aromatic carbocycles. The number of hydrogen-bond donors (Lipinski definition) is 3. The van der Waals surface area contributed by atoms with Gasteiger partial charge >= 0.3 is 23.9 Å². The molecular weight excluding hydrogens is 1070 g/mol. The number of aliphatic carboxylic acids is 1. The lowest BCUT2D eigenvalue weighted by Crippen LogP contribution is -2.61. The molecule has 1 fully saturated rings. The molecule has 12 nitrogen and oxygen atoms in total. The van der Waals surface area contributed by atoms with Crippen LogP contribution in [-0.2, 0) is 42.9 Å². The van der Waals surface area contributed by atoms with Gasteiger partial charge in [0.25, 0.3) is 0 Å². The molecule has 0 aromatic rings. The lowest BCUT2D eigenvalue weighted by atomic mass is 9.98. The summed E-state index contributed by atoms with van der Waals surface area (Å²) >= 11 is 0. The Morgan fingerprint density at radius 3 is 1.11 bits per heavy atom. The molecule has 0 amide bonds. The van der Waals surface area contributed by atoms with Crippen molar-refractivity contribution >= 4 is 23.9 Å². The van der Waals surface area contributed by atoms with E-state index in [0.717, 1.165) is 103 Å². The Bertz CT molecular complexity index is 1660. The van der Waals surface area contributed by atoms with E-state index in [4.69, 9.17) is 23.7 Å². The largest absolute Gasteiger partial charge is 0.479 e. The zero-order valence-electron chi connectivity index (χ0n) is 54.9. The minimum absolute atomic E-state index is 0.0638. The maximum atomic E-state index is 13.2. The van der Waals surface area contributed by atoms with Crippen molar-refractivity contribution in [1.82, 2.24) is 0 Å². The second kappa shape index (κ2) is 60.9. The molecule has 6 atom stereocenters. The van der Waals surface area contributed by atoms with Crippen LogP contribution in [0.4, 0.5) is 0 Å². The normalized spacial score (nSPS) is 17.7. The Balaban J connectivity index is 2.63. The minimum atomic E-state index is -1.90. The van der Waals surface area contributed by atoms with Crippen molar-refractivity contribution in [3.63, 3.8) is 0 Å². The molecule has 0 radical (unpaired) electrons. The summed E-state index contributed by atoms with van der Waals surface area (Å²) in [5, 5.41) is 31.7. The number of ether oxygens (including phenoxy) is 5.